The molecule has 5 atom stereocenters. The zero-order valence-corrected chi connectivity index (χ0v) is 14.2. The summed E-state index contributed by atoms with van der Waals surface area (Å²) in [6.07, 6.45) is -7.42. The van der Waals surface area contributed by atoms with Gasteiger partial charge >= 0.3 is 5.97 Å². The molecule has 1 fully saturated rings. The van der Waals surface area contributed by atoms with Crippen LogP contribution < -0.4 is 4.74 Å². The topological polar surface area (TPSA) is 132 Å². The smallest absolute Gasteiger partial charge is 0.335 e. The van der Waals surface area contributed by atoms with Gasteiger partial charge in [-0.3, -0.25) is 0 Å². The van der Waals surface area contributed by atoms with Gasteiger partial charge in [0, 0.05) is 10.7 Å². The van der Waals surface area contributed by atoms with E-state index >= 15 is 0 Å². The number of aliphatic carboxylic acids is 1. The van der Waals surface area contributed by atoms with Gasteiger partial charge in [-0.05, 0) is 28.1 Å². The van der Waals surface area contributed by atoms with Gasteiger partial charge in [0.15, 0.2) is 7.52 Å². The number of aromatic amines is 1. The van der Waals surface area contributed by atoms with Crippen molar-refractivity contribution in [3.63, 3.8) is 0 Å². The summed E-state index contributed by atoms with van der Waals surface area (Å²) in [4.78, 5) is 12.1. The molecule has 0 spiro atoms. The number of H-pyrrole nitrogens is 1. The lowest BCUT2D eigenvalue weighted by Gasteiger charge is -2.38. The first-order valence-electron chi connectivity index (χ1n) is 7.24. The quantitative estimate of drug-likeness (QED) is 0.494. The molecule has 3 rings (SSSR count). The average molecular weight is 424 g/mol. The highest BCUT2D eigenvalue weighted by atomic mass is 79.9. The van der Waals surface area contributed by atoms with Crippen molar-refractivity contribution in [2.24, 2.45) is 0 Å². The number of ether oxygens (including phenoxy) is 2. The first kappa shape index (κ1) is 16.1. The Balaban J connectivity index is 1.98. The summed E-state index contributed by atoms with van der Waals surface area (Å²) >= 11 is 9.47. The van der Waals surface area contributed by atoms with Gasteiger partial charge < -0.3 is 34.9 Å². The van der Waals surface area contributed by atoms with Crippen molar-refractivity contribution in [1.29, 1.82) is 0 Å². The molecular weight excluding hydrogens is 410 g/mol. The predicted molar refractivity (Wildman–Crippen MR) is 86.0 cm³/mol. The van der Waals surface area contributed by atoms with Crippen LogP contribution in [0.2, 0.25) is 6.43 Å². The molecule has 0 bridgehead atoms. The normalized spacial score (nSPS) is 31.0. The van der Waals surface area contributed by atoms with Crippen LogP contribution in [-0.2, 0) is 9.53 Å². The fourth-order valence-electron chi connectivity index (χ4n) is 2.44. The number of benzene rings is 1. The highest BCUT2D eigenvalue weighted by Gasteiger charge is 2.48. The van der Waals surface area contributed by atoms with Gasteiger partial charge in [-0.25, -0.2) is 4.79 Å². The highest BCUT2D eigenvalue weighted by Crippen LogP contribution is 2.38. The maximum atomic E-state index is 11.1. The lowest BCUT2D eigenvalue weighted by Crippen LogP contribution is -2.61. The fraction of sp³-hybridized carbons (Fsp3) is 0.357. The minimum absolute atomic E-state index is 0.0491. The van der Waals surface area contributed by atoms with E-state index in [1.165, 1.54) is 6.20 Å². The molecule has 1 aliphatic rings. The molecule has 1 aromatic heterocycles. The van der Waals surface area contributed by atoms with Crippen LogP contribution in [0.5, 0.6) is 5.75 Å². The van der Waals surface area contributed by atoms with Crippen LogP contribution in [0.4, 0.5) is 0 Å². The number of nitrogens with one attached hydrogen (secondary N) is 1. The van der Waals surface area contributed by atoms with Crippen molar-refractivity contribution < 1.29 is 36.1 Å². The Hall–Kier alpha value is -1.36. The number of rotatable bonds is 3. The second kappa shape index (κ2) is 6.51. The van der Waals surface area contributed by atoms with Crippen molar-refractivity contribution in [3.05, 3.63) is 27.8 Å². The van der Waals surface area contributed by atoms with Gasteiger partial charge in [0.1, 0.15) is 24.1 Å². The average Bonchev–Trinajstić information content (AvgIpc) is 2.87. The second-order valence-electron chi connectivity index (χ2n) is 5.23. The van der Waals surface area contributed by atoms with Crippen LogP contribution in [0.25, 0.3) is 10.9 Å². The molecule has 130 valence electrons. The Morgan fingerprint density at radius 1 is 1.33 bits per heavy atom. The van der Waals surface area contributed by atoms with Crippen molar-refractivity contribution in [3.8, 4) is 5.75 Å². The largest absolute Gasteiger partial charge is 0.479 e. The van der Waals surface area contributed by atoms with E-state index in [4.69, 9.17) is 27.6 Å². The van der Waals surface area contributed by atoms with E-state index in [2.05, 4.69) is 15.9 Å². The maximum absolute atomic E-state index is 11.1. The Kier molecular flexibility index (Phi) is 4.37. The van der Waals surface area contributed by atoms with Crippen LogP contribution in [0, 0.1) is 0 Å². The Labute approximate surface area is 150 Å². The number of fused-ring (bicyclic) bond motifs is 1. The van der Waals surface area contributed by atoms with E-state index in [0.717, 1.165) is 4.98 Å². The first-order valence-corrected chi connectivity index (χ1v) is 7.97. The molecule has 0 amide bonds. The third-order valence-electron chi connectivity index (χ3n) is 3.70. The standard InChI is InChI=1S/C14H13BrClNO7/c15-4-1-2-5-7(8(4)16)6(3-17-5)23-14-11(20)9(18)10(19)12(24-14)13(21)22/h1-3,9-12,14,17-20H,(H,21,22)/t9-,10-,11+,12-,14?/m0/s1/i/hD. The van der Waals surface area contributed by atoms with E-state index in [1.54, 1.807) is 12.1 Å². The molecule has 24 heavy (non-hydrogen) atoms. The van der Waals surface area contributed by atoms with Gasteiger partial charge in [-0.2, -0.15) is 0 Å². The number of hydrogen-bond acceptors (Lipinski definition) is 6. The lowest BCUT2D eigenvalue weighted by molar-refractivity contribution is -0.270. The molecule has 1 aromatic carbocycles. The van der Waals surface area contributed by atoms with Gasteiger partial charge in [0.05, 0.1) is 15.9 Å². The second-order valence-corrected chi connectivity index (χ2v) is 6.46. The summed E-state index contributed by atoms with van der Waals surface area (Å²) < 4.78 is 19.0. The highest BCUT2D eigenvalue weighted by molar-refractivity contribution is 9.10. The SMILES string of the molecule is [2H]n1cc(OC2O[C@H](C(=O)O)[C@@H](O)[C@H](O)[C@H]2O)c2c(Cl)c(Br)ccc21. The number of aliphatic hydroxyl groups is 3. The molecule has 1 aliphatic heterocycles. The molecular formula is C14H13BrClNO7. The first-order chi connectivity index (χ1) is 11.7. The van der Waals surface area contributed by atoms with Crippen LogP contribution in [0.1, 0.15) is 0 Å². The summed E-state index contributed by atoms with van der Waals surface area (Å²) in [5.74, 6) is -1.47. The Morgan fingerprint density at radius 3 is 2.71 bits per heavy atom. The number of carboxylic acids is 1. The van der Waals surface area contributed by atoms with Crippen molar-refractivity contribution in [2.45, 2.75) is 30.7 Å². The number of carbonyl (C=O) groups is 1. The summed E-state index contributed by atoms with van der Waals surface area (Å²) in [6, 6.07) is 3.26. The molecule has 1 unspecified atom stereocenters. The fourth-order valence-corrected chi connectivity index (χ4v) is 3.02. The van der Waals surface area contributed by atoms with E-state index in [1.807, 2.05) is 0 Å². The number of aromatic nitrogens is 1. The van der Waals surface area contributed by atoms with Gasteiger partial charge in [0.25, 0.3) is 0 Å². The monoisotopic (exact) mass is 422 g/mol. The number of aliphatic hydroxyl groups excluding tert-OH is 3. The van der Waals surface area contributed by atoms with Crippen LogP contribution in [0.3, 0.4) is 0 Å². The van der Waals surface area contributed by atoms with E-state index < -0.39 is 36.7 Å². The third-order valence-corrected chi connectivity index (χ3v) is 4.98. The van der Waals surface area contributed by atoms with Crippen LogP contribution in [-0.4, -0.2) is 62.1 Å². The number of carboxylic acid groups (broad SMARTS) is 1. The number of halogens is 2. The van der Waals surface area contributed by atoms with Gasteiger partial charge in [-0.1, -0.05) is 11.6 Å². The summed E-state index contributed by atoms with van der Waals surface area (Å²) in [5.41, 5.74) is 0.406. The minimum atomic E-state index is -1.82. The van der Waals surface area contributed by atoms with Gasteiger partial charge in [0.2, 0.25) is 6.29 Å². The molecule has 2 aromatic rings. The van der Waals surface area contributed by atoms with Crippen molar-refractivity contribution in [2.75, 3.05) is 0 Å². The third kappa shape index (κ3) is 2.87. The molecule has 10 heteroatoms. The molecule has 2 heterocycles. The van der Waals surface area contributed by atoms with E-state index in [0.29, 0.717) is 15.4 Å². The van der Waals surface area contributed by atoms with E-state index in [9.17, 15) is 20.1 Å². The van der Waals surface area contributed by atoms with E-state index in [-0.39, 0.29) is 10.8 Å². The molecule has 0 aliphatic carbocycles. The molecule has 1 saturated heterocycles. The lowest BCUT2D eigenvalue weighted by atomic mass is 9.99. The molecule has 0 saturated carbocycles. The number of hydrogen-bond donors (Lipinski definition) is 5. The minimum Gasteiger partial charge on any atom is -0.479 e. The van der Waals surface area contributed by atoms with Crippen LogP contribution >= 0.6 is 27.5 Å². The zero-order chi connectivity index (χ0) is 18.5. The summed E-state index contributed by atoms with van der Waals surface area (Å²) in [7, 11) is 0. The summed E-state index contributed by atoms with van der Waals surface area (Å²) in [5, 5.41) is 39.2. The molecule has 5 N–H and O–H groups in total. The zero-order valence-electron chi connectivity index (χ0n) is 12.8. The molecule has 8 nitrogen and oxygen atoms in total. The maximum Gasteiger partial charge on any atom is 0.335 e. The summed E-state index contributed by atoms with van der Waals surface area (Å²) in [6.45, 7) is 0. The van der Waals surface area contributed by atoms with Gasteiger partial charge in [-0.15, -0.1) is 0 Å². The van der Waals surface area contributed by atoms with Crippen molar-refractivity contribution >= 4 is 44.4 Å². The Bertz CT molecular complexity index is 831. The predicted octanol–water partition coefficient (Wildman–Crippen LogP) is 0.855. The Morgan fingerprint density at radius 2 is 2.04 bits per heavy atom. The van der Waals surface area contributed by atoms with Crippen molar-refractivity contribution in [1.82, 2.24) is 4.98 Å². The molecule has 0 radical (unpaired) electrons. The van der Waals surface area contributed by atoms with Crippen LogP contribution in [0.15, 0.2) is 22.8 Å².